The number of amides is 1. The summed E-state index contributed by atoms with van der Waals surface area (Å²) in [4.78, 5) is 18.8. The first-order valence-corrected chi connectivity index (χ1v) is 8.15. The second kappa shape index (κ2) is 10.4. The molecular formula is C19H28Cl2N4O. The number of nitrogens with one attached hydrogen (secondary N) is 1. The maximum Gasteiger partial charge on any atom is 0.253 e. The van der Waals surface area contributed by atoms with Gasteiger partial charge in [-0.2, -0.15) is 0 Å². The molecule has 0 aliphatic carbocycles. The number of aromatic nitrogens is 1. The molecule has 0 fully saturated rings. The molecule has 1 unspecified atom stereocenters. The van der Waals surface area contributed by atoms with Gasteiger partial charge in [0.25, 0.3) is 5.91 Å². The maximum absolute atomic E-state index is 12.5. The average Bonchev–Trinajstić information content (AvgIpc) is 2.61. The van der Waals surface area contributed by atoms with Crippen molar-refractivity contribution >= 4 is 42.2 Å². The largest absolute Gasteiger partial charge is 0.345 e. The Labute approximate surface area is 168 Å². The van der Waals surface area contributed by atoms with Crippen molar-refractivity contribution < 1.29 is 4.79 Å². The topological polar surface area (TPSA) is 71.2 Å². The van der Waals surface area contributed by atoms with Gasteiger partial charge in [-0.3, -0.25) is 4.79 Å². The number of rotatable bonds is 6. The van der Waals surface area contributed by atoms with E-state index in [-0.39, 0.29) is 36.6 Å². The number of pyridine rings is 1. The van der Waals surface area contributed by atoms with Crippen molar-refractivity contribution in [1.82, 2.24) is 10.3 Å². The van der Waals surface area contributed by atoms with Crippen LogP contribution < -0.4 is 16.0 Å². The Morgan fingerprint density at radius 3 is 2.27 bits per heavy atom. The number of benzene rings is 1. The lowest BCUT2D eigenvalue weighted by atomic mass is 9.88. The van der Waals surface area contributed by atoms with E-state index in [0.29, 0.717) is 12.1 Å². The van der Waals surface area contributed by atoms with E-state index in [9.17, 15) is 4.79 Å². The maximum atomic E-state index is 12.5. The molecule has 26 heavy (non-hydrogen) atoms. The predicted molar refractivity (Wildman–Crippen MR) is 113 cm³/mol. The van der Waals surface area contributed by atoms with Gasteiger partial charge in [-0.15, -0.1) is 24.8 Å². The highest BCUT2D eigenvalue weighted by Crippen LogP contribution is 2.21. The van der Waals surface area contributed by atoms with Gasteiger partial charge >= 0.3 is 0 Å². The summed E-state index contributed by atoms with van der Waals surface area (Å²) in [5.41, 5.74) is 6.96. The molecule has 2 aromatic rings. The third kappa shape index (κ3) is 5.59. The van der Waals surface area contributed by atoms with E-state index in [2.05, 4.69) is 10.3 Å². The van der Waals surface area contributed by atoms with Gasteiger partial charge in [0, 0.05) is 25.5 Å². The van der Waals surface area contributed by atoms with Crippen LogP contribution in [-0.2, 0) is 0 Å². The lowest BCUT2D eigenvalue weighted by Gasteiger charge is -2.33. The molecule has 7 heteroatoms. The quantitative estimate of drug-likeness (QED) is 0.775. The number of hydrogen-bond acceptors (Lipinski definition) is 4. The number of hydrogen-bond donors (Lipinski definition) is 2. The van der Waals surface area contributed by atoms with E-state index < -0.39 is 5.54 Å². The second-order valence-electron chi connectivity index (χ2n) is 6.53. The minimum Gasteiger partial charge on any atom is -0.345 e. The van der Waals surface area contributed by atoms with E-state index >= 15 is 0 Å². The molecule has 1 heterocycles. The van der Waals surface area contributed by atoms with Gasteiger partial charge in [-0.05, 0) is 37.1 Å². The van der Waals surface area contributed by atoms with Crippen LogP contribution >= 0.6 is 24.8 Å². The first-order chi connectivity index (χ1) is 11.4. The summed E-state index contributed by atoms with van der Waals surface area (Å²) in [5.74, 6) is 0.865. The molecule has 0 radical (unpaired) electrons. The lowest BCUT2D eigenvalue weighted by molar-refractivity contribution is 0.0883. The van der Waals surface area contributed by atoms with Crippen molar-refractivity contribution in [2.45, 2.75) is 26.3 Å². The highest BCUT2D eigenvalue weighted by molar-refractivity contribution is 5.94. The Balaban J connectivity index is 0.00000312. The van der Waals surface area contributed by atoms with Gasteiger partial charge in [0.05, 0.1) is 11.1 Å². The van der Waals surface area contributed by atoms with Gasteiger partial charge in [0.1, 0.15) is 5.82 Å². The fraction of sp³-hybridized carbons (Fsp3) is 0.368. The Morgan fingerprint density at radius 1 is 1.19 bits per heavy atom. The van der Waals surface area contributed by atoms with Crippen molar-refractivity contribution in [3.05, 3.63) is 54.2 Å². The molecular weight excluding hydrogens is 371 g/mol. The summed E-state index contributed by atoms with van der Waals surface area (Å²) in [6.45, 7) is 6.44. The average molecular weight is 399 g/mol. The number of nitrogens with zero attached hydrogens (tertiary/aromatic N) is 2. The molecule has 0 saturated carbocycles. The molecule has 1 amide bonds. The minimum absolute atomic E-state index is 0. The van der Waals surface area contributed by atoms with Gasteiger partial charge in [-0.1, -0.05) is 32.0 Å². The van der Waals surface area contributed by atoms with E-state index in [1.165, 1.54) is 0 Å². The van der Waals surface area contributed by atoms with Crippen molar-refractivity contribution in [2.24, 2.45) is 11.7 Å². The summed E-state index contributed by atoms with van der Waals surface area (Å²) >= 11 is 0. The monoisotopic (exact) mass is 398 g/mol. The highest BCUT2D eigenvalue weighted by Gasteiger charge is 2.29. The Bertz CT molecular complexity index is 680. The summed E-state index contributed by atoms with van der Waals surface area (Å²) in [6, 6.07) is 13.6. The standard InChI is InChI=1S/C19H26N4O.2ClH/c1-14(2)19(3,13-20)22-18(24)15-10-11-17(21-12-15)23(4)16-8-6-5-7-9-16;;/h5-12,14H,13,20H2,1-4H3,(H,22,24);2*1H. The van der Waals surface area contributed by atoms with Crippen molar-refractivity contribution in [3.63, 3.8) is 0 Å². The molecule has 0 saturated heterocycles. The third-order valence-corrected chi connectivity index (χ3v) is 4.59. The Morgan fingerprint density at radius 2 is 1.81 bits per heavy atom. The first kappa shape index (κ1) is 24.2. The van der Waals surface area contributed by atoms with E-state index in [1.54, 1.807) is 12.3 Å². The van der Waals surface area contributed by atoms with Crippen LogP contribution in [0.25, 0.3) is 0 Å². The van der Waals surface area contributed by atoms with E-state index in [0.717, 1.165) is 11.5 Å². The molecule has 1 aromatic carbocycles. The number of anilines is 2. The smallest absolute Gasteiger partial charge is 0.253 e. The lowest BCUT2D eigenvalue weighted by Crippen LogP contribution is -2.55. The molecule has 1 atom stereocenters. The van der Waals surface area contributed by atoms with Gasteiger partial charge in [0.2, 0.25) is 0 Å². The molecule has 0 aliphatic heterocycles. The van der Waals surface area contributed by atoms with Crippen LogP contribution in [-0.4, -0.2) is 30.0 Å². The van der Waals surface area contributed by atoms with Crippen molar-refractivity contribution in [2.75, 3.05) is 18.5 Å². The molecule has 144 valence electrons. The number of halogens is 2. The zero-order valence-corrected chi connectivity index (χ0v) is 17.2. The first-order valence-electron chi connectivity index (χ1n) is 8.15. The van der Waals surface area contributed by atoms with Crippen LogP contribution in [0.1, 0.15) is 31.1 Å². The van der Waals surface area contributed by atoms with Gasteiger partial charge < -0.3 is 16.0 Å². The zero-order chi connectivity index (χ0) is 17.7. The third-order valence-electron chi connectivity index (χ3n) is 4.59. The van der Waals surface area contributed by atoms with Crippen molar-refractivity contribution in [1.29, 1.82) is 0 Å². The Kier molecular flexibility index (Phi) is 9.63. The summed E-state index contributed by atoms with van der Waals surface area (Å²) in [5, 5.41) is 3.02. The minimum atomic E-state index is -0.434. The predicted octanol–water partition coefficient (Wildman–Crippen LogP) is 3.80. The second-order valence-corrected chi connectivity index (χ2v) is 6.53. The van der Waals surface area contributed by atoms with Crippen LogP contribution in [0.2, 0.25) is 0 Å². The molecule has 5 nitrogen and oxygen atoms in total. The molecule has 3 N–H and O–H groups in total. The fourth-order valence-electron chi connectivity index (χ4n) is 2.27. The van der Waals surface area contributed by atoms with Gasteiger partial charge in [0.15, 0.2) is 0 Å². The zero-order valence-electron chi connectivity index (χ0n) is 15.6. The van der Waals surface area contributed by atoms with Crippen molar-refractivity contribution in [3.8, 4) is 0 Å². The van der Waals surface area contributed by atoms with Crippen LogP contribution in [0.3, 0.4) is 0 Å². The summed E-state index contributed by atoms with van der Waals surface area (Å²) in [7, 11) is 1.95. The molecule has 0 bridgehead atoms. The molecule has 1 aromatic heterocycles. The Hall–Kier alpha value is -1.82. The van der Waals surface area contributed by atoms with Crippen LogP contribution in [0.15, 0.2) is 48.7 Å². The van der Waals surface area contributed by atoms with E-state index in [1.807, 2.05) is 69.1 Å². The number of carbonyl (C=O) groups is 1. The number of nitrogens with two attached hydrogens (primary N) is 1. The summed E-state index contributed by atoms with van der Waals surface area (Å²) < 4.78 is 0. The molecule has 0 spiro atoms. The van der Waals surface area contributed by atoms with Crippen LogP contribution in [0, 0.1) is 5.92 Å². The molecule has 2 rings (SSSR count). The number of carbonyl (C=O) groups excluding carboxylic acids is 1. The SMILES string of the molecule is CC(C)C(C)(CN)NC(=O)c1ccc(N(C)c2ccccc2)nc1.Cl.Cl. The number of para-hydroxylation sites is 1. The molecule has 0 aliphatic rings. The van der Waals surface area contributed by atoms with Gasteiger partial charge in [-0.25, -0.2) is 4.98 Å². The normalized spacial score (nSPS) is 12.4. The van der Waals surface area contributed by atoms with E-state index in [4.69, 9.17) is 5.73 Å². The summed E-state index contributed by atoms with van der Waals surface area (Å²) in [6.07, 6.45) is 1.60. The highest BCUT2D eigenvalue weighted by atomic mass is 35.5. The fourth-order valence-corrected chi connectivity index (χ4v) is 2.27. The van der Waals surface area contributed by atoms with Crippen LogP contribution in [0.5, 0.6) is 0 Å². The van der Waals surface area contributed by atoms with Crippen LogP contribution in [0.4, 0.5) is 11.5 Å².